The van der Waals surface area contributed by atoms with Crippen molar-refractivity contribution in [1.82, 2.24) is 4.90 Å². The van der Waals surface area contributed by atoms with Crippen molar-refractivity contribution in [3.8, 4) is 0 Å². The summed E-state index contributed by atoms with van der Waals surface area (Å²) in [6.45, 7) is 0.129. The van der Waals surface area contributed by atoms with E-state index in [4.69, 9.17) is 11.6 Å². The quantitative estimate of drug-likeness (QED) is 0.856. The molecular weight excluding hydrogens is 268 g/mol. The summed E-state index contributed by atoms with van der Waals surface area (Å²) < 4.78 is 0. The van der Waals surface area contributed by atoms with Crippen LogP contribution in [0.4, 0.5) is 5.69 Å². The number of hydrogen-bond acceptors (Lipinski definition) is 3. The maximum atomic E-state index is 11.7. The van der Waals surface area contributed by atoms with Crippen molar-refractivity contribution in [1.29, 1.82) is 0 Å². The lowest BCUT2D eigenvalue weighted by Gasteiger charge is -2.13. The first-order valence-corrected chi connectivity index (χ1v) is 6.32. The van der Waals surface area contributed by atoms with E-state index >= 15 is 0 Å². The molecule has 0 spiro atoms. The highest BCUT2D eigenvalue weighted by Crippen LogP contribution is 2.16. The highest BCUT2D eigenvalue weighted by Gasteiger charge is 2.28. The average Bonchev–Trinajstić information content (AvgIpc) is 2.67. The van der Waals surface area contributed by atoms with Gasteiger partial charge in [-0.1, -0.05) is 17.7 Å². The summed E-state index contributed by atoms with van der Waals surface area (Å²) >= 11 is 5.80. The van der Waals surface area contributed by atoms with Crippen LogP contribution in [0.1, 0.15) is 19.3 Å². The summed E-state index contributed by atoms with van der Waals surface area (Å²) in [6.07, 6.45) is 0.577. The monoisotopic (exact) mass is 280 g/mol. The van der Waals surface area contributed by atoms with Crippen LogP contribution in [0.15, 0.2) is 24.3 Å². The summed E-state index contributed by atoms with van der Waals surface area (Å²) in [5.41, 5.74) is 0.594. The maximum Gasteiger partial charge on any atom is 0.229 e. The summed E-state index contributed by atoms with van der Waals surface area (Å²) in [7, 11) is 0. The molecule has 0 bridgehead atoms. The Hall–Kier alpha value is -1.88. The molecule has 1 heterocycles. The van der Waals surface area contributed by atoms with E-state index in [9.17, 15) is 14.4 Å². The molecule has 0 aliphatic carbocycles. The van der Waals surface area contributed by atoms with Crippen molar-refractivity contribution in [2.24, 2.45) is 0 Å². The van der Waals surface area contributed by atoms with Crippen LogP contribution >= 0.6 is 11.6 Å². The SMILES string of the molecule is O=C(CCN1C(=O)CCC1=O)Nc1cccc(Cl)c1. The van der Waals surface area contributed by atoms with Crippen LogP contribution in [-0.2, 0) is 14.4 Å². The number of carbonyl (C=O) groups excluding carboxylic acids is 3. The third-order valence-electron chi connectivity index (χ3n) is 2.83. The molecule has 19 heavy (non-hydrogen) atoms. The molecule has 0 aromatic heterocycles. The van der Waals surface area contributed by atoms with Crippen molar-refractivity contribution < 1.29 is 14.4 Å². The Labute approximate surface area is 115 Å². The maximum absolute atomic E-state index is 11.7. The standard InChI is InChI=1S/C13H13ClN2O3/c14-9-2-1-3-10(8-9)15-11(17)6-7-16-12(18)4-5-13(16)19/h1-3,8H,4-7H2,(H,15,17). The molecule has 1 aromatic carbocycles. The molecule has 100 valence electrons. The van der Waals surface area contributed by atoms with Crippen LogP contribution < -0.4 is 5.32 Å². The number of hydrogen-bond donors (Lipinski definition) is 1. The molecule has 3 amide bonds. The van der Waals surface area contributed by atoms with Crippen LogP contribution in [0.5, 0.6) is 0 Å². The smallest absolute Gasteiger partial charge is 0.229 e. The predicted molar refractivity (Wildman–Crippen MR) is 70.7 cm³/mol. The largest absolute Gasteiger partial charge is 0.326 e. The Morgan fingerprint density at radius 2 is 1.95 bits per heavy atom. The van der Waals surface area contributed by atoms with E-state index in [1.807, 2.05) is 0 Å². The van der Waals surface area contributed by atoms with Crippen LogP contribution in [0.25, 0.3) is 0 Å². The van der Waals surface area contributed by atoms with E-state index in [0.29, 0.717) is 10.7 Å². The Bertz CT molecular complexity index is 514. The second-order valence-electron chi connectivity index (χ2n) is 4.25. The Morgan fingerprint density at radius 1 is 1.26 bits per heavy atom. The first-order valence-electron chi connectivity index (χ1n) is 5.95. The van der Waals surface area contributed by atoms with E-state index in [1.165, 1.54) is 0 Å². The van der Waals surface area contributed by atoms with Crippen molar-refractivity contribution in [3.63, 3.8) is 0 Å². The highest BCUT2D eigenvalue weighted by molar-refractivity contribution is 6.30. The molecule has 1 aliphatic heterocycles. The van der Waals surface area contributed by atoms with Gasteiger partial charge in [-0.15, -0.1) is 0 Å². The Kier molecular flexibility index (Phi) is 4.16. The Morgan fingerprint density at radius 3 is 2.58 bits per heavy atom. The number of benzene rings is 1. The Balaban J connectivity index is 1.85. The van der Waals surface area contributed by atoms with E-state index in [-0.39, 0.29) is 43.5 Å². The molecule has 5 nitrogen and oxygen atoms in total. The van der Waals surface area contributed by atoms with Gasteiger partial charge in [0.25, 0.3) is 0 Å². The second-order valence-corrected chi connectivity index (χ2v) is 4.68. The zero-order valence-electron chi connectivity index (χ0n) is 10.2. The molecule has 6 heteroatoms. The van der Waals surface area contributed by atoms with E-state index < -0.39 is 0 Å². The van der Waals surface area contributed by atoms with Gasteiger partial charge in [-0.25, -0.2) is 0 Å². The van der Waals surface area contributed by atoms with Gasteiger partial charge in [0.05, 0.1) is 0 Å². The van der Waals surface area contributed by atoms with Crippen LogP contribution in [0.2, 0.25) is 5.02 Å². The first kappa shape index (κ1) is 13.5. The van der Waals surface area contributed by atoms with Crippen LogP contribution in [0.3, 0.4) is 0 Å². The second kappa shape index (κ2) is 5.84. The molecule has 0 saturated carbocycles. The third kappa shape index (κ3) is 3.54. The van der Waals surface area contributed by atoms with Gasteiger partial charge >= 0.3 is 0 Å². The van der Waals surface area contributed by atoms with E-state index in [0.717, 1.165) is 4.90 Å². The van der Waals surface area contributed by atoms with Gasteiger partial charge < -0.3 is 5.32 Å². The van der Waals surface area contributed by atoms with Crippen molar-refractivity contribution in [2.75, 3.05) is 11.9 Å². The van der Waals surface area contributed by atoms with Gasteiger partial charge in [-0.3, -0.25) is 19.3 Å². The minimum atomic E-state index is -0.255. The topological polar surface area (TPSA) is 66.5 Å². The van der Waals surface area contributed by atoms with Gasteiger partial charge in [0.1, 0.15) is 0 Å². The fraction of sp³-hybridized carbons (Fsp3) is 0.308. The molecule has 0 radical (unpaired) electrons. The number of likely N-dealkylation sites (tertiary alicyclic amines) is 1. The summed E-state index contributed by atoms with van der Waals surface area (Å²) in [4.78, 5) is 35.5. The first-order chi connectivity index (χ1) is 9.06. The summed E-state index contributed by atoms with van der Waals surface area (Å²) in [5, 5.41) is 3.19. The predicted octanol–water partition coefficient (Wildman–Crippen LogP) is 1.82. The van der Waals surface area contributed by atoms with Crippen LogP contribution in [0, 0.1) is 0 Å². The molecule has 1 aromatic rings. The molecule has 1 aliphatic rings. The third-order valence-corrected chi connectivity index (χ3v) is 3.06. The number of halogens is 1. The van der Waals surface area contributed by atoms with Gasteiger partial charge in [-0.2, -0.15) is 0 Å². The molecule has 1 fully saturated rings. The van der Waals surface area contributed by atoms with Gasteiger partial charge in [-0.05, 0) is 18.2 Å². The van der Waals surface area contributed by atoms with Gasteiger partial charge in [0.15, 0.2) is 0 Å². The fourth-order valence-electron chi connectivity index (χ4n) is 1.88. The summed E-state index contributed by atoms with van der Waals surface area (Å²) in [5.74, 6) is -0.670. The number of nitrogens with one attached hydrogen (secondary N) is 1. The fourth-order valence-corrected chi connectivity index (χ4v) is 2.07. The number of carbonyl (C=O) groups is 3. The van der Waals surface area contributed by atoms with Gasteiger partial charge in [0, 0.05) is 36.5 Å². The minimum Gasteiger partial charge on any atom is -0.326 e. The van der Waals surface area contributed by atoms with E-state index in [1.54, 1.807) is 24.3 Å². The lowest BCUT2D eigenvalue weighted by atomic mass is 10.3. The molecule has 2 rings (SSSR count). The lowest BCUT2D eigenvalue weighted by molar-refractivity contribution is -0.138. The summed E-state index contributed by atoms with van der Waals surface area (Å²) in [6, 6.07) is 6.78. The lowest BCUT2D eigenvalue weighted by Crippen LogP contribution is -2.32. The number of nitrogens with zero attached hydrogens (tertiary/aromatic N) is 1. The average molecular weight is 281 g/mol. The molecule has 1 saturated heterocycles. The normalized spacial score (nSPS) is 14.9. The molecular formula is C13H13ClN2O3. The molecule has 0 unspecified atom stereocenters. The minimum absolute atomic E-state index is 0.0873. The van der Waals surface area contributed by atoms with Crippen molar-refractivity contribution in [3.05, 3.63) is 29.3 Å². The number of amides is 3. The van der Waals surface area contributed by atoms with Gasteiger partial charge in [0.2, 0.25) is 17.7 Å². The zero-order chi connectivity index (χ0) is 13.8. The molecule has 1 N–H and O–H groups in total. The number of anilines is 1. The zero-order valence-corrected chi connectivity index (χ0v) is 10.9. The van der Waals surface area contributed by atoms with E-state index in [2.05, 4.69) is 5.32 Å². The van der Waals surface area contributed by atoms with Crippen LogP contribution in [-0.4, -0.2) is 29.2 Å². The molecule has 0 atom stereocenters. The van der Waals surface area contributed by atoms with Crippen molar-refractivity contribution >= 4 is 35.0 Å². The number of rotatable bonds is 4. The van der Waals surface area contributed by atoms with Crippen molar-refractivity contribution in [2.45, 2.75) is 19.3 Å². The highest BCUT2D eigenvalue weighted by atomic mass is 35.5. The number of imide groups is 1.